The quantitative estimate of drug-likeness (QED) is 0.393. The Hall–Kier alpha value is -1.82. The van der Waals surface area contributed by atoms with Crippen LogP contribution in [0.25, 0.3) is 21.5 Å². The average Bonchev–Trinajstić information content (AvgIpc) is 2.59. The first kappa shape index (κ1) is 19.0. The predicted octanol–water partition coefficient (Wildman–Crippen LogP) is 7.89. The summed E-state index contributed by atoms with van der Waals surface area (Å²) in [6.07, 6.45) is 0. The van der Waals surface area contributed by atoms with Crippen molar-refractivity contribution in [2.75, 3.05) is 0 Å². The van der Waals surface area contributed by atoms with Crippen LogP contribution in [0.3, 0.4) is 0 Å². The van der Waals surface area contributed by atoms with Crippen LogP contribution in [-0.4, -0.2) is 0 Å². The lowest BCUT2D eigenvalue weighted by Crippen LogP contribution is -2.06. The van der Waals surface area contributed by atoms with E-state index in [1.54, 1.807) is 5.56 Å². The van der Waals surface area contributed by atoms with Gasteiger partial charge in [0.15, 0.2) is 0 Å². The lowest BCUT2D eigenvalue weighted by Gasteiger charge is -2.27. The standard InChI is InChI=1S/C26H34/c1-12(2)22-25-19(9)15(5)13(3)17(7)23(25)21(11)24-18(8)14(4)16(6)20(10)26(22)24/h12H,1-11H3. The lowest BCUT2D eigenvalue weighted by molar-refractivity contribution is 0.882. The lowest BCUT2D eigenvalue weighted by atomic mass is 9.77. The van der Waals surface area contributed by atoms with Gasteiger partial charge in [0, 0.05) is 0 Å². The molecule has 0 bridgehead atoms. The molecule has 0 amide bonds. The fraction of sp³-hybridized carbons (Fsp3) is 0.462. The van der Waals surface area contributed by atoms with Gasteiger partial charge in [-0.3, -0.25) is 0 Å². The maximum atomic E-state index is 2.36. The molecule has 0 heterocycles. The topological polar surface area (TPSA) is 0 Å². The van der Waals surface area contributed by atoms with Crippen LogP contribution < -0.4 is 0 Å². The van der Waals surface area contributed by atoms with Crippen molar-refractivity contribution >= 4 is 21.5 Å². The normalized spacial score (nSPS) is 12.0. The van der Waals surface area contributed by atoms with E-state index in [0.717, 1.165) is 0 Å². The maximum absolute atomic E-state index is 2.36. The van der Waals surface area contributed by atoms with Gasteiger partial charge >= 0.3 is 0 Å². The number of rotatable bonds is 1. The first-order valence-electron chi connectivity index (χ1n) is 9.94. The third-order valence-electron chi connectivity index (χ3n) is 7.24. The number of benzene rings is 3. The van der Waals surface area contributed by atoms with Gasteiger partial charge in [0.1, 0.15) is 0 Å². The van der Waals surface area contributed by atoms with Gasteiger partial charge < -0.3 is 0 Å². The summed E-state index contributed by atoms with van der Waals surface area (Å²) >= 11 is 0. The molecule has 0 radical (unpaired) electrons. The van der Waals surface area contributed by atoms with Crippen molar-refractivity contribution in [1.82, 2.24) is 0 Å². The van der Waals surface area contributed by atoms with Crippen LogP contribution in [-0.2, 0) is 0 Å². The highest BCUT2D eigenvalue weighted by atomic mass is 14.3. The molecule has 3 aromatic rings. The molecule has 0 heteroatoms. The monoisotopic (exact) mass is 346 g/mol. The molecule has 3 rings (SSSR count). The molecule has 0 atom stereocenters. The first-order chi connectivity index (χ1) is 12.0. The second-order valence-electron chi connectivity index (χ2n) is 8.69. The maximum Gasteiger partial charge on any atom is -0.0105 e. The minimum atomic E-state index is 0.501. The van der Waals surface area contributed by atoms with Crippen LogP contribution in [0, 0.1) is 62.3 Å². The van der Waals surface area contributed by atoms with Crippen LogP contribution >= 0.6 is 0 Å². The largest absolute Gasteiger partial charge is 0.0586 e. The highest BCUT2D eigenvalue weighted by molar-refractivity contribution is 6.11. The number of fused-ring (bicyclic) bond motifs is 2. The third-order valence-corrected chi connectivity index (χ3v) is 7.24. The Morgan fingerprint density at radius 3 is 0.885 bits per heavy atom. The van der Waals surface area contributed by atoms with E-state index in [1.807, 2.05) is 0 Å². The van der Waals surface area contributed by atoms with Crippen molar-refractivity contribution < 1.29 is 0 Å². The minimum Gasteiger partial charge on any atom is -0.0586 e. The summed E-state index contributed by atoms with van der Waals surface area (Å²) < 4.78 is 0. The van der Waals surface area contributed by atoms with Crippen LogP contribution in [0.1, 0.15) is 75.4 Å². The van der Waals surface area contributed by atoms with Gasteiger partial charge in [-0.25, -0.2) is 0 Å². The minimum absolute atomic E-state index is 0.501. The molecule has 0 fully saturated rings. The van der Waals surface area contributed by atoms with Crippen LogP contribution in [0.5, 0.6) is 0 Å². The van der Waals surface area contributed by atoms with Crippen molar-refractivity contribution in [3.05, 3.63) is 55.6 Å². The van der Waals surface area contributed by atoms with Crippen molar-refractivity contribution in [2.24, 2.45) is 0 Å². The Morgan fingerprint density at radius 2 is 0.615 bits per heavy atom. The fourth-order valence-corrected chi connectivity index (χ4v) is 5.06. The summed E-state index contributed by atoms with van der Waals surface area (Å²) in [6, 6.07) is 0. The molecule has 0 nitrogen and oxygen atoms in total. The van der Waals surface area contributed by atoms with E-state index in [2.05, 4.69) is 76.2 Å². The summed E-state index contributed by atoms with van der Waals surface area (Å²) in [4.78, 5) is 0. The predicted molar refractivity (Wildman–Crippen MR) is 118 cm³/mol. The van der Waals surface area contributed by atoms with Crippen molar-refractivity contribution in [3.8, 4) is 0 Å². The molecule has 0 aliphatic carbocycles. The molecule has 0 saturated heterocycles. The van der Waals surface area contributed by atoms with E-state index in [-0.39, 0.29) is 0 Å². The Labute approximate surface area is 159 Å². The van der Waals surface area contributed by atoms with Crippen molar-refractivity contribution in [2.45, 2.75) is 82.1 Å². The van der Waals surface area contributed by atoms with Crippen molar-refractivity contribution in [3.63, 3.8) is 0 Å². The van der Waals surface area contributed by atoms with Gasteiger partial charge in [-0.2, -0.15) is 0 Å². The number of aryl methyl sites for hydroxylation is 5. The molecule has 3 aromatic carbocycles. The van der Waals surface area contributed by atoms with Crippen LogP contribution in [0.4, 0.5) is 0 Å². The van der Waals surface area contributed by atoms with Gasteiger partial charge in [-0.1, -0.05) is 13.8 Å². The molecule has 26 heavy (non-hydrogen) atoms. The van der Waals surface area contributed by atoms with E-state index >= 15 is 0 Å². The van der Waals surface area contributed by atoms with E-state index in [4.69, 9.17) is 0 Å². The summed E-state index contributed by atoms with van der Waals surface area (Å²) in [7, 11) is 0. The SMILES string of the molecule is Cc1c(C)c(C)c2c(C(C)C)c3c(C)c(C)c(C)c(C)c3c(C)c2c1C. The highest BCUT2D eigenvalue weighted by Crippen LogP contribution is 2.45. The van der Waals surface area contributed by atoms with Crippen LogP contribution in [0.2, 0.25) is 0 Å². The van der Waals surface area contributed by atoms with E-state index < -0.39 is 0 Å². The molecule has 138 valence electrons. The molecule has 0 aliphatic heterocycles. The third kappa shape index (κ3) is 2.27. The molecule has 0 saturated carbocycles. The van der Waals surface area contributed by atoms with Crippen LogP contribution in [0.15, 0.2) is 0 Å². The Bertz CT molecular complexity index is 995. The number of hydrogen-bond acceptors (Lipinski definition) is 0. The molecule has 0 unspecified atom stereocenters. The van der Waals surface area contributed by atoms with Gasteiger partial charge in [0.2, 0.25) is 0 Å². The van der Waals surface area contributed by atoms with Gasteiger partial charge in [0.25, 0.3) is 0 Å². The second-order valence-corrected chi connectivity index (χ2v) is 8.69. The van der Waals surface area contributed by atoms with E-state index in [0.29, 0.717) is 5.92 Å². The molecule has 0 aromatic heterocycles. The summed E-state index contributed by atoms with van der Waals surface area (Å²) in [5, 5.41) is 6.01. The van der Waals surface area contributed by atoms with E-state index in [1.165, 1.54) is 71.6 Å². The summed E-state index contributed by atoms with van der Waals surface area (Å²) in [5.74, 6) is 0.501. The molecule has 0 spiro atoms. The molecular weight excluding hydrogens is 312 g/mol. The Balaban J connectivity index is 2.87. The van der Waals surface area contributed by atoms with Gasteiger partial charge in [0.05, 0.1) is 0 Å². The Morgan fingerprint density at radius 1 is 0.346 bits per heavy atom. The first-order valence-corrected chi connectivity index (χ1v) is 9.94. The number of hydrogen-bond donors (Lipinski definition) is 0. The fourth-order valence-electron chi connectivity index (χ4n) is 5.06. The molecular formula is C26H34. The second kappa shape index (κ2) is 6.12. The zero-order valence-electron chi connectivity index (χ0n) is 18.6. The average molecular weight is 347 g/mol. The zero-order chi connectivity index (χ0) is 19.7. The molecule has 0 N–H and O–H groups in total. The smallest absolute Gasteiger partial charge is 0.0105 e. The highest BCUT2D eigenvalue weighted by Gasteiger charge is 2.23. The van der Waals surface area contributed by atoms with E-state index in [9.17, 15) is 0 Å². The Kier molecular flexibility index (Phi) is 4.46. The summed E-state index contributed by atoms with van der Waals surface area (Å²) in [6.45, 7) is 25.5. The molecule has 0 aliphatic rings. The summed E-state index contributed by atoms with van der Waals surface area (Å²) in [5.41, 5.74) is 14.7. The van der Waals surface area contributed by atoms with Gasteiger partial charge in [-0.05, 0) is 145 Å². The van der Waals surface area contributed by atoms with Gasteiger partial charge in [-0.15, -0.1) is 0 Å². The van der Waals surface area contributed by atoms with Crippen molar-refractivity contribution in [1.29, 1.82) is 0 Å². The zero-order valence-corrected chi connectivity index (χ0v) is 18.6.